The second kappa shape index (κ2) is 17.9. The molecule has 4 nitrogen and oxygen atoms in total. The highest BCUT2D eigenvalue weighted by Crippen LogP contribution is 2.48. The molecule has 0 atom stereocenters. The van der Waals surface area contributed by atoms with Crippen LogP contribution in [0.25, 0.3) is 11.1 Å². The van der Waals surface area contributed by atoms with E-state index in [1.807, 2.05) is 62.4 Å². The molecule has 4 N–H and O–H groups in total. The maximum Gasteiger partial charge on any atom is 0.0676 e. The van der Waals surface area contributed by atoms with Gasteiger partial charge in [0.1, 0.15) is 0 Å². The Morgan fingerprint density at radius 1 is 0.581 bits per heavy atom. The topological polar surface area (TPSA) is 80.9 Å². The quantitative estimate of drug-likeness (QED) is 0.519. The molecule has 0 aromatic heterocycles. The van der Waals surface area contributed by atoms with Crippen LogP contribution in [0.5, 0.6) is 0 Å². The van der Waals surface area contributed by atoms with Crippen LogP contribution in [0.15, 0.2) is 48.5 Å². The Bertz CT molecular complexity index is 615. The maximum atomic E-state index is 9.75. The van der Waals surface area contributed by atoms with E-state index < -0.39 is 5.41 Å². The van der Waals surface area contributed by atoms with Crippen molar-refractivity contribution in [1.29, 1.82) is 0 Å². The standard InChI is InChI=1S/C15H14O2.C6H12.2C2H6O.C2H6/c16-9-15(10-17)13-7-3-1-5-11(13)12-6-2-4-8-14(12)15;1-2-4-6-5-3-1;2*1-2-3;1-2/h1-8,16-17H,9-10H2;1-6H2;2*3H,2H2,1H3;1-2H3. The van der Waals surface area contributed by atoms with Gasteiger partial charge in [0, 0.05) is 13.2 Å². The van der Waals surface area contributed by atoms with Gasteiger partial charge in [-0.1, -0.05) is 101 Å². The smallest absolute Gasteiger partial charge is 0.0676 e. The average molecular weight is 433 g/mol. The number of aliphatic hydroxyl groups is 4. The molecule has 0 unspecified atom stereocenters. The predicted octanol–water partition coefficient (Wildman–Crippen LogP) is 5.30. The molecular weight excluding hydrogens is 388 g/mol. The first-order valence-electron chi connectivity index (χ1n) is 11.8. The zero-order valence-corrected chi connectivity index (χ0v) is 20.0. The van der Waals surface area contributed by atoms with Gasteiger partial charge in [0.15, 0.2) is 0 Å². The highest BCUT2D eigenvalue weighted by atomic mass is 16.3. The summed E-state index contributed by atoms with van der Waals surface area (Å²) in [6.07, 6.45) is 9.00. The summed E-state index contributed by atoms with van der Waals surface area (Å²) in [5.74, 6) is 0. The zero-order valence-electron chi connectivity index (χ0n) is 20.0. The Kier molecular flexibility index (Phi) is 16.9. The van der Waals surface area contributed by atoms with Gasteiger partial charge in [0.2, 0.25) is 0 Å². The van der Waals surface area contributed by atoms with Crippen molar-refractivity contribution in [2.75, 3.05) is 26.4 Å². The molecule has 176 valence electrons. The van der Waals surface area contributed by atoms with Gasteiger partial charge in [-0.25, -0.2) is 0 Å². The number of rotatable bonds is 2. The predicted molar refractivity (Wildman–Crippen MR) is 131 cm³/mol. The van der Waals surface area contributed by atoms with Crippen LogP contribution in [0.1, 0.15) is 77.3 Å². The molecule has 0 amide bonds. The van der Waals surface area contributed by atoms with E-state index >= 15 is 0 Å². The van der Waals surface area contributed by atoms with E-state index in [0.717, 1.165) is 22.3 Å². The van der Waals surface area contributed by atoms with Crippen LogP contribution >= 0.6 is 0 Å². The van der Waals surface area contributed by atoms with Gasteiger partial charge in [0.05, 0.1) is 18.6 Å². The van der Waals surface area contributed by atoms with Gasteiger partial charge >= 0.3 is 0 Å². The first-order chi connectivity index (χ1) is 15.2. The van der Waals surface area contributed by atoms with Crippen molar-refractivity contribution in [3.05, 3.63) is 59.7 Å². The van der Waals surface area contributed by atoms with Gasteiger partial charge in [-0.2, -0.15) is 0 Å². The summed E-state index contributed by atoms with van der Waals surface area (Å²) < 4.78 is 0. The number of fused-ring (bicyclic) bond motifs is 3. The summed E-state index contributed by atoms with van der Waals surface area (Å²) in [6, 6.07) is 15.9. The van der Waals surface area contributed by atoms with Gasteiger partial charge < -0.3 is 20.4 Å². The molecule has 0 bridgehead atoms. The minimum Gasteiger partial charge on any atom is -0.397 e. The Morgan fingerprint density at radius 3 is 1.10 bits per heavy atom. The fraction of sp³-hybridized carbons (Fsp3) is 0.556. The van der Waals surface area contributed by atoms with Crippen molar-refractivity contribution in [2.24, 2.45) is 0 Å². The summed E-state index contributed by atoms with van der Waals surface area (Å²) in [6.45, 7) is 7.72. The Hall–Kier alpha value is -1.72. The summed E-state index contributed by atoms with van der Waals surface area (Å²) >= 11 is 0. The number of hydrogen-bond acceptors (Lipinski definition) is 4. The minimum atomic E-state index is -0.646. The highest BCUT2D eigenvalue weighted by Gasteiger charge is 2.41. The molecule has 31 heavy (non-hydrogen) atoms. The number of hydrogen-bond donors (Lipinski definition) is 4. The first kappa shape index (κ1) is 29.3. The Balaban J connectivity index is 0.000000532. The van der Waals surface area contributed by atoms with Crippen LogP contribution in [-0.2, 0) is 5.41 Å². The zero-order chi connectivity index (χ0) is 23.5. The van der Waals surface area contributed by atoms with Gasteiger partial charge in [-0.15, -0.1) is 0 Å². The molecule has 0 heterocycles. The summed E-state index contributed by atoms with van der Waals surface area (Å²) in [4.78, 5) is 0. The van der Waals surface area contributed by atoms with Crippen LogP contribution in [0, 0.1) is 0 Å². The molecule has 2 aliphatic carbocycles. The van der Waals surface area contributed by atoms with E-state index in [1.54, 1.807) is 13.8 Å². The maximum absolute atomic E-state index is 9.75. The van der Waals surface area contributed by atoms with Crippen molar-refractivity contribution in [1.82, 2.24) is 0 Å². The molecule has 0 saturated heterocycles. The molecule has 0 radical (unpaired) electrons. The Morgan fingerprint density at radius 2 is 0.839 bits per heavy atom. The van der Waals surface area contributed by atoms with Gasteiger partial charge in [-0.05, 0) is 36.1 Å². The fourth-order valence-electron chi connectivity index (χ4n) is 3.87. The minimum absolute atomic E-state index is 0.0719. The summed E-state index contributed by atoms with van der Waals surface area (Å²) in [5.41, 5.74) is 3.63. The van der Waals surface area contributed by atoms with E-state index in [-0.39, 0.29) is 26.4 Å². The molecule has 1 saturated carbocycles. The summed E-state index contributed by atoms with van der Waals surface area (Å²) in [7, 11) is 0. The molecule has 4 rings (SSSR count). The third-order valence-electron chi connectivity index (χ3n) is 5.22. The largest absolute Gasteiger partial charge is 0.397 e. The molecule has 0 spiro atoms. The van der Waals surface area contributed by atoms with Crippen LogP contribution in [0.4, 0.5) is 0 Å². The lowest BCUT2D eigenvalue weighted by atomic mass is 9.80. The lowest BCUT2D eigenvalue weighted by Gasteiger charge is -2.27. The fourth-order valence-corrected chi connectivity index (χ4v) is 3.87. The highest BCUT2D eigenvalue weighted by molar-refractivity contribution is 5.81. The lowest BCUT2D eigenvalue weighted by Crippen LogP contribution is -2.33. The lowest BCUT2D eigenvalue weighted by molar-refractivity contribution is 0.146. The second-order valence-electron chi connectivity index (χ2n) is 7.24. The van der Waals surface area contributed by atoms with Gasteiger partial charge in [0.25, 0.3) is 0 Å². The van der Waals surface area contributed by atoms with E-state index in [4.69, 9.17) is 10.2 Å². The second-order valence-corrected chi connectivity index (χ2v) is 7.24. The average Bonchev–Trinajstić information content (AvgIpc) is 3.13. The van der Waals surface area contributed by atoms with Crippen molar-refractivity contribution >= 4 is 0 Å². The molecule has 2 aromatic rings. The third-order valence-corrected chi connectivity index (χ3v) is 5.22. The van der Waals surface area contributed by atoms with Crippen molar-refractivity contribution in [2.45, 2.75) is 71.6 Å². The number of benzene rings is 2. The van der Waals surface area contributed by atoms with Crippen LogP contribution in [-0.4, -0.2) is 46.9 Å². The molecule has 2 aromatic carbocycles. The first-order valence-corrected chi connectivity index (χ1v) is 11.8. The van der Waals surface area contributed by atoms with Crippen LogP contribution in [0.3, 0.4) is 0 Å². The number of aliphatic hydroxyl groups excluding tert-OH is 4. The summed E-state index contributed by atoms with van der Waals surface area (Å²) in [5, 5.41) is 34.6. The van der Waals surface area contributed by atoms with Crippen molar-refractivity contribution in [3.63, 3.8) is 0 Å². The third kappa shape index (κ3) is 8.38. The van der Waals surface area contributed by atoms with E-state index in [1.165, 1.54) is 38.5 Å². The van der Waals surface area contributed by atoms with Gasteiger partial charge in [-0.3, -0.25) is 0 Å². The molecular formula is C27H44O4. The molecule has 0 aliphatic heterocycles. The van der Waals surface area contributed by atoms with Crippen molar-refractivity contribution < 1.29 is 20.4 Å². The SMILES string of the molecule is C1CCCCC1.CC.CCO.CCO.OCC1(CO)c2ccccc2-c2ccccc21. The van der Waals surface area contributed by atoms with Crippen LogP contribution < -0.4 is 0 Å². The van der Waals surface area contributed by atoms with Crippen LogP contribution in [0.2, 0.25) is 0 Å². The molecule has 4 heteroatoms. The monoisotopic (exact) mass is 432 g/mol. The molecule has 1 fully saturated rings. The molecule has 2 aliphatic rings. The van der Waals surface area contributed by atoms with Crippen molar-refractivity contribution in [3.8, 4) is 11.1 Å². The van der Waals surface area contributed by atoms with E-state index in [9.17, 15) is 10.2 Å². The Labute approximate surface area is 189 Å². The van der Waals surface area contributed by atoms with E-state index in [2.05, 4.69) is 0 Å². The normalized spacial score (nSPS) is 14.5. The van der Waals surface area contributed by atoms with E-state index in [0.29, 0.717) is 0 Å².